The van der Waals surface area contributed by atoms with E-state index in [1.54, 1.807) is 6.20 Å². The molecule has 0 atom stereocenters. The maximum Gasteiger partial charge on any atom is 0.263 e. The van der Waals surface area contributed by atoms with Crippen LogP contribution in [0.2, 0.25) is 0 Å². The van der Waals surface area contributed by atoms with Gasteiger partial charge in [-0.25, -0.2) is 0 Å². The Balaban J connectivity index is 1.62. The molecule has 138 valence electrons. The van der Waals surface area contributed by atoms with Gasteiger partial charge in [-0.1, -0.05) is 36.4 Å². The molecule has 0 saturated carbocycles. The zero-order valence-corrected chi connectivity index (χ0v) is 15.1. The van der Waals surface area contributed by atoms with Crippen LogP contribution in [0.25, 0.3) is 0 Å². The maximum absolute atomic E-state index is 12.4. The lowest BCUT2D eigenvalue weighted by molar-refractivity contribution is -0.117. The van der Waals surface area contributed by atoms with Crippen molar-refractivity contribution in [2.24, 2.45) is 0 Å². The monoisotopic (exact) mass is 363 g/mol. The molecule has 0 aromatic heterocycles. The normalized spacial score (nSPS) is 12.4. The lowest BCUT2D eigenvalue weighted by Gasteiger charge is -2.19. The standard InChI is InChI=1S/C21H21N3O3/c1-2-24(13-16-6-4-3-5-7-16)14-18(11-22)21(25)23-12-17-8-9-19-20(10-17)27-15-26-19/h3-10,14H,2,12-13,15H2,1H3,(H,23,25)/b18-14-. The van der Waals surface area contributed by atoms with Crippen LogP contribution in [0, 0.1) is 11.3 Å². The highest BCUT2D eigenvalue weighted by Gasteiger charge is 2.15. The van der Waals surface area contributed by atoms with Gasteiger partial charge in [-0.3, -0.25) is 4.79 Å². The van der Waals surface area contributed by atoms with E-state index < -0.39 is 5.91 Å². The summed E-state index contributed by atoms with van der Waals surface area (Å²) in [6.07, 6.45) is 1.61. The van der Waals surface area contributed by atoms with Crippen molar-refractivity contribution in [3.63, 3.8) is 0 Å². The molecule has 1 aliphatic heterocycles. The summed E-state index contributed by atoms with van der Waals surface area (Å²) in [7, 11) is 0. The second kappa shape index (κ2) is 8.77. The average Bonchev–Trinajstić information content (AvgIpc) is 3.18. The zero-order valence-electron chi connectivity index (χ0n) is 15.1. The van der Waals surface area contributed by atoms with E-state index in [2.05, 4.69) is 5.32 Å². The largest absolute Gasteiger partial charge is 0.454 e. The lowest BCUT2D eigenvalue weighted by atomic mass is 10.2. The molecule has 6 heteroatoms. The van der Waals surface area contributed by atoms with Crippen molar-refractivity contribution in [2.45, 2.75) is 20.0 Å². The van der Waals surface area contributed by atoms with Crippen LogP contribution in [0.1, 0.15) is 18.1 Å². The van der Waals surface area contributed by atoms with Gasteiger partial charge < -0.3 is 19.7 Å². The van der Waals surface area contributed by atoms with Gasteiger partial charge in [0.2, 0.25) is 6.79 Å². The number of benzene rings is 2. The minimum absolute atomic E-state index is 0.0773. The maximum atomic E-state index is 12.4. The summed E-state index contributed by atoms with van der Waals surface area (Å²) in [5, 5.41) is 12.2. The van der Waals surface area contributed by atoms with Gasteiger partial charge in [0.1, 0.15) is 11.6 Å². The number of hydrogen-bond donors (Lipinski definition) is 1. The van der Waals surface area contributed by atoms with Crippen molar-refractivity contribution < 1.29 is 14.3 Å². The molecule has 0 aliphatic carbocycles. The van der Waals surface area contributed by atoms with Crippen molar-refractivity contribution >= 4 is 5.91 Å². The Morgan fingerprint density at radius 3 is 2.70 bits per heavy atom. The molecule has 0 radical (unpaired) electrons. The van der Waals surface area contributed by atoms with E-state index in [9.17, 15) is 10.1 Å². The molecule has 0 fully saturated rings. The number of hydrogen-bond acceptors (Lipinski definition) is 5. The number of rotatable bonds is 7. The number of fused-ring (bicyclic) bond motifs is 1. The Labute approximate surface area is 158 Å². The Bertz CT molecular complexity index is 872. The van der Waals surface area contributed by atoms with Gasteiger partial charge in [-0.2, -0.15) is 5.26 Å². The van der Waals surface area contributed by atoms with Gasteiger partial charge in [0.15, 0.2) is 11.5 Å². The van der Waals surface area contributed by atoms with E-state index in [0.717, 1.165) is 11.1 Å². The zero-order chi connectivity index (χ0) is 19.1. The number of ether oxygens (including phenoxy) is 2. The molecular weight excluding hydrogens is 342 g/mol. The van der Waals surface area contributed by atoms with Crippen LogP contribution in [-0.4, -0.2) is 24.1 Å². The van der Waals surface area contributed by atoms with Gasteiger partial charge in [-0.15, -0.1) is 0 Å². The predicted molar refractivity (Wildman–Crippen MR) is 101 cm³/mol. The van der Waals surface area contributed by atoms with Gasteiger partial charge in [0.25, 0.3) is 5.91 Å². The van der Waals surface area contributed by atoms with E-state index in [0.29, 0.717) is 31.1 Å². The fraction of sp³-hybridized carbons (Fsp3) is 0.238. The minimum Gasteiger partial charge on any atom is -0.454 e. The molecule has 27 heavy (non-hydrogen) atoms. The van der Waals surface area contributed by atoms with Crippen LogP contribution in [0.3, 0.4) is 0 Å². The van der Waals surface area contributed by atoms with Crippen LogP contribution >= 0.6 is 0 Å². The number of nitrogens with zero attached hydrogens (tertiary/aromatic N) is 2. The first-order valence-electron chi connectivity index (χ1n) is 8.76. The first kappa shape index (κ1) is 18.3. The molecule has 1 N–H and O–H groups in total. The molecule has 1 heterocycles. The van der Waals surface area contributed by atoms with Crippen LogP contribution < -0.4 is 14.8 Å². The first-order valence-corrected chi connectivity index (χ1v) is 8.76. The fourth-order valence-electron chi connectivity index (χ4n) is 2.72. The molecule has 0 spiro atoms. The summed E-state index contributed by atoms with van der Waals surface area (Å²) < 4.78 is 10.6. The third-order valence-electron chi connectivity index (χ3n) is 4.20. The molecule has 2 aromatic carbocycles. The molecular formula is C21H21N3O3. The van der Waals surface area contributed by atoms with Crippen LogP contribution in [0.5, 0.6) is 11.5 Å². The van der Waals surface area contributed by atoms with Gasteiger partial charge in [0.05, 0.1) is 0 Å². The number of carbonyl (C=O) groups is 1. The molecule has 1 amide bonds. The Morgan fingerprint density at radius 2 is 1.96 bits per heavy atom. The summed E-state index contributed by atoms with van der Waals surface area (Å²) in [6.45, 7) is 3.83. The van der Waals surface area contributed by atoms with Gasteiger partial charge >= 0.3 is 0 Å². The smallest absolute Gasteiger partial charge is 0.263 e. The number of nitriles is 1. The first-order chi connectivity index (χ1) is 13.2. The topological polar surface area (TPSA) is 74.6 Å². The number of carbonyl (C=O) groups excluding carboxylic acids is 1. The third-order valence-corrected chi connectivity index (χ3v) is 4.20. The Kier molecular flexibility index (Phi) is 5.95. The molecule has 3 rings (SSSR count). The predicted octanol–water partition coefficient (Wildman–Crippen LogP) is 2.96. The Morgan fingerprint density at radius 1 is 1.19 bits per heavy atom. The summed E-state index contributed by atoms with van der Waals surface area (Å²) in [6, 6.07) is 17.4. The van der Waals surface area contributed by atoms with Crippen molar-refractivity contribution in [3.8, 4) is 17.6 Å². The summed E-state index contributed by atoms with van der Waals surface area (Å²) in [5.41, 5.74) is 2.07. The average molecular weight is 363 g/mol. The highest BCUT2D eigenvalue weighted by molar-refractivity contribution is 5.97. The van der Waals surface area contributed by atoms with E-state index in [4.69, 9.17) is 9.47 Å². The molecule has 0 bridgehead atoms. The van der Waals surface area contributed by atoms with Crippen LogP contribution in [0.4, 0.5) is 0 Å². The van der Waals surface area contributed by atoms with Crippen molar-refractivity contribution in [1.29, 1.82) is 5.26 Å². The number of nitrogens with one attached hydrogen (secondary N) is 1. The third kappa shape index (κ3) is 4.79. The van der Waals surface area contributed by atoms with Crippen molar-refractivity contribution in [3.05, 3.63) is 71.4 Å². The molecule has 0 unspecified atom stereocenters. The summed E-state index contributed by atoms with van der Waals surface area (Å²) in [4.78, 5) is 14.3. The van der Waals surface area contributed by atoms with Crippen molar-refractivity contribution in [1.82, 2.24) is 10.2 Å². The van der Waals surface area contributed by atoms with Gasteiger partial charge in [-0.05, 0) is 30.2 Å². The molecule has 1 aliphatic rings. The lowest BCUT2D eigenvalue weighted by Crippen LogP contribution is -2.26. The van der Waals surface area contributed by atoms with Crippen LogP contribution in [0.15, 0.2) is 60.3 Å². The second-order valence-electron chi connectivity index (χ2n) is 6.07. The van der Waals surface area contributed by atoms with E-state index in [1.165, 1.54) is 0 Å². The minimum atomic E-state index is -0.401. The highest BCUT2D eigenvalue weighted by atomic mass is 16.7. The number of amides is 1. The van der Waals surface area contributed by atoms with Gasteiger partial charge in [0, 0.05) is 25.8 Å². The van der Waals surface area contributed by atoms with Crippen LogP contribution in [-0.2, 0) is 17.9 Å². The Hall–Kier alpha value is -3.46. The van der Waals surface area contributed by atoms with Crippen molar-refractivity contribution in [2.75, 3.05) is 13.3 Å². The SMILES string of the molecule is CCN(/C=C(/C#N)C(=O)NCc1ccc2c(c1)OCO2)Cc1ccccc1. The molecule has 0 saturated heterocycles. The summed E-state index contributed by atoms with van der Waals surface area (Å²) in [5.74, 6) is 0.960. The van der Waals surface area contributed by atoms with E-state index in [1.807, 2.05) is 66.4 Å². The molecule has 2 aromatic rings. The van der Waals surface area contributed by atoms with E-state index in [-0.39, 0.29) is 12.4 Å². The molecule has 6 nitrogen and oxygen atoms in total. The quantitative estimate of drug-likeness (QED) is 0.605. The fourth-order valence-corrected chi connectivity index (χ4v) is 2.72. The second-order valence-corrected chi connectivity index (χ2v) is 6.07. The highest BCUT2D eigenvalue weighted by Crippen LogP contribution is 2.32. The van der Waals surface area contributed by atoms with E-state index >= 15 is 0 Å². The summed E-state index contributed by atoms with van der Waals surface area (Å²) >= 11 is 0.